The van der Waals surface area contributed by atoms with Crippen LogP contribution in [0.1, 0.15) is 39.5 Å². The number of amides is 2. The van der Waals surface area contributed by atoms with Crippen molar-refractivity contribution < 1.29 is 18.0 Å². The number of halogens is 2. The largest absolute Gasteiger partial charge is 0.336 e. The summed E-state index contributed by atoms with van der Waals surface area (Å²) in [4.78, 5) is 26.9. The second-order valence-corrected chi connectivity index (χ2v) is 11.4. The van der Waals surface area contributed by atoms with Crippen molar-refractivity contribution in [2.45, 2.75) is 61.3 Å². The molecular weight excluding hydrogens is 449 g/mol. The Morgan fingerprint density at radius 1 is 1.33 bits per heavy atom. The molecule has 0 spiro atoms. The molecule has 1 saturated heterocycles. The van der Waals surface area contributed by atoms with Gasteiger partial charge in [-0.2, -0.15) is 5.26 Å². The number of benzene rings is 1. The smallest absolute Gasteiger partial charge is 0.244 e. The lowest BCUT2D eigenvalue weighted by Gasteiger charge is -2.25. The molecule has 1 unspecified atom stereocenters. The average molecular weight is 472 g/mol. The van der Waals surface area contributed by atoms with Crippen molar-refractivity contribution in [3.63, 3.8) is 0 Å². The number of hydrogen-bond acceptors (Lipinski definition) is 5. The molecule has 2 atom stereocenters. The van der Waals surface area contributed by atoms with E-state index >= 15 is 0 Å². The Morgan fingerprint density at radius 3 is 2.53 bits per heavy atom. The van der Waals surface area contributed by atoms with Crippen LogP contribution in [-0.4, -0.2) is 48.5 Å². The number of nitriles is 1. The van der Waals surface area contributed by atoms with Gasteiger partial charge in [-0.05, 0) is 43.4 Å². The van der Waals surface area contributed by atoms with E-state index in [0.29, 0.717) is 17.9 Å². The van der Waals surface area contributed by atoms with E-state index in [1.807, 2.05) is 13.8 Å². The summed E-state index contributed by atoms with van der Waals surface area (Å²) in [5, 5.41) is 11.3. The zero-order chi connectivity index (χ0) is 22.3. The molecule has 2 aliphatic rings. The van der Waals surface area contributed by atoms with E-state index in [4.69, 9.17) is 23.2 Å². The normalized spacial score (nSPS) is 22.6. The highest BCUT2D eigenvalue weighted by Crippen LogP contribution is 2.37. The van der Waals surface area contributed by atoms with Gasteiger partial charge >= 0.3 is 0 Å². The Morgan fingerprint density at radius 2 is 2.00 bits per heavy atom. The fraction of sp³-hybridized carbons (Fsp3) is 0.550. The lowest BCUT2D eigenvalue weighted by Crippen LogP contribution is -2.49. The maximum absolute atomic E-state index is 13.2. The van der Waals surface area contributed by atoms with Crippen LogP contribution >= 0.6 is 23.2 Å². The number of hydrogen-bond donors (Lipinski definition) is 1. The van der Waals surface area contributed by atoms with Crippen LogP contribution in [0.3, 0.4) is 0 Å². The van der Waals surface area contributed by atoms with E-state index in [1.165, 1.54) is 23.1 Å². The van der Waals surface area contributed by atoms with Crippen LogP contribution in [0.4, 0.5) is 0 Å². The van der Waals surface area contributed by atoms with Gasteiger partial charge in [0, 0.05) is 18.0 Å². The van der Waals surface area contributed by atoms with Gasteiger partial charge in [0.1, 0.15) is 11.6 Å². The van der Waals surface area contributed by atoms with Gasteiger partial charge in [0.05, 0.1) is 21.2 Å². The predicted octanol–water partition coefficient (Wildman–Crippen LogP) is 2.96. The van der Waals surface area contributed by atoms with Crippen LogP contribution in [0.25, 0.3) is 0 Å². The van der Waals surface area contributed by atoms with E-state index in [9.17, 15) is 23.3 Å². The van der Waals surface area contributed by atoms with E-state index in [0.717, 1.165) is 0 Å². The number of carbonyl (C=O) groups is 2. The first-order chi connectivity index (χ1) is 14.0. The number of likely N-dealkylation sites (tertiary alicyclic amines) is 1. The van der Waals surface area contributed by atoms with E-state index in [-0.39, 0.29) is 41.1 Å². The van der Waals surface area contributed by atoms with Crippen molar-refractivity contribution in [2.24, 2.45) is 5.92 Å². The topological polar surface area (TPSA) is 107 Å². The summed E-state index contributed by atoms with van der Waals surface area (Å²) in [7, 11) is -3.91. The van der Waals surface area contributed by atoms with Crippen LogP contribution in [0.2, 0.25) is 10.0 Å². The van der Waals surface area contributed by atoms with Gasteiger partial charge < -0.3 is 10.2 Å². The SMILES string of the molecule is CC(C)CC(=O)N1CC(S(=O)(=O)c2ccc(Cl)cc2Cl)C[C@H]1C(=O)NC1(C#N)CC1. The second-order valence-electron chi connectivity index (χ2n) is 8.32. The van der Waals surface area contributed by atoms with E-state index in [2.05, 4.69) is 11.4 Å². The number of carbonyl (C=O) groups excluding carboxylic acids is 2. The molecule has 1 N–H and O–H groups in total. The molecule has 30 heavy (non-hydrogen) atoms. The maximum Gasteiger partial charge on any atom is 0.244 e. The molecule has 1 aromatic carbocycles. The summed E-state index contributed by atoms with van der Waals surface area (Å²) in [6.45, 7) is 3.64. The summed E-state index contributed by atoms with van der Waals surface area (Å²) in [6, 6.07) is 5.25. The van der Waals surface area contributed by atoms with Gasteiger partial charge in [0.25, 0.3) is 0 Å². The third kappa shape index (κ3) is 4.58. The highest BCUT2D eigenvalue weighted by Gasteiger charge is 2.50. The van der Waals surface area contributed by atoms with Crippen molar-refractivity contribution in [3.05, 3.63) is 28.2 Å². The molecule has 0 aromatic heterocycles. The standard InChI is InChI=1S/C20H23Cl2N3O4S/c1-12(2)7-18(26)25-10-14(9-16(25)19(27)24-20(11-23)5-6-20)30(28,29)17-4-3-13(21)8-15(17)22/h3-4,8,12,14,16H,5-7,9-10H2,1-2H3,(H,24,27)/t14?,16-/m0/s1. The van der Waals surface area contributed by atoms with Gasteiger partial charge in [-0.15, -0.1) is 0 Å². The number of rotatable bonds is 6. The van der Waals surface area contributed by atoms with Gasteiger partial charge in [0.15, 0.2) is 9.84 Å². The molecule has 0 radical (unpaired) electrons. The van der Waals surface area contributed by atoms with Gasteiger partial charge in [0.2, 0.25) is 11.8 Å². The molecule has 0 bridgehead atoms. The third-order valence-corrected chi connectivity index (χ3v) is 8.28. The molecule has 2 fully saturated rings. The zero-order valence-corrected chi connectivity index (χ0v) is 19.0. The highest BCUT2D eigenvalue weighted by atomic mass is 35.5. The Labute approximate surface area is 186 Å². The van der Waals surface area contributed by atoms with Crippen LogP contribution < -0.4 is 5.32 Å². The molecule has 10 heteroatoms. The Bertz CT molecular complexity index is 1020. The van der Waals surface area contributed by atoms with E-state index in [1.54, 1.807) is 0 Å². The maximum atomic E-state index is 13.2. The van der Waals surface area contributed by atoms with Crippen LogP contribution in [0, 0.1) is 17.2 Å². The minimum Gasteiger partial charge on any atom is -0.336 e. The molecule has 3 rings (SSSR count). The van der Waals surface area contributed by atoms with Gasteiger partial charge in [-0.1, -0.05) is 37.0 Å². The Hall–Kier alpha value is -1.82. The summed E-state index contributed by atoms with van der Waals surface area (Å²) in [5.41, 5.74) is -0.902. The molecule has 1 heterocycles. The number of nitrogens with one attached hydrogen (secondary N) is 1. The van der Waals surface area contributed by atoms with Crippen LogP contribution in [0.15, 0.2) is 23.1 Å². The molecule has 1 aliphatic carbocycles. The average Bonchev–Trinajstić information content (AvgIpc) is 3.26. The first kappa shape index (κ1) is 22.9. The number of sulfone groups is 1. The van der Waals surface area contributed by atoms with Crippen molar-refractivity contribution in [2.75, 3.05) is 6.54 Å². The first-order valence-electron chi connectivity index (χ1n) is 9.71. The first-order valence-corrected chi connectivity index (χ1v) is 12.0. The molecule has 162 valence electrons. The molecule has 2 amide bonds. The number of nitrogens with zero attached hydrogens (tertiary/aromatic N) is 2. The zero-order valence-electron chi connectivity index (χ0n) is 16.7. The third-order valence-electron chi connectivity index (χ3n) is 5.43. The monoisotopic (exact) mass is 471 g/mol. The van der Waals surface area contributed by atoms with Crippen LogP contribution in [0.5, 0.6) is 0 Å². The summed E-state index contributed by atoms with van der Waals surface area (Å²) < 4.78 is 26.5. The molecule has 7 nitrogen and oxygen atoms in total. The van der Waals surface area contributed by atoms with Crippen molar-refractivity contribution in [1.82, 2.24) is 10.2 Å². The second kappa shape index (κ2) is 8.37. The van der Waals surface area contributed by atoms with Crippen molar-refractivity contribution in [1.29, 1.82) is 5.26 Å². The van der Waals surface area contributed by atoms with Crippen molar-refractivity contribution in [3.8, 4) is 6.07 Å². The molecule has 1 saturated carbocycles. The summed E-state index contributed by atoms with van der Waals surface area (Å²) in [5.74, 6) is -0.727. The van der Waals surface area contributed by atoms with Gasteiger partial charge in [-0.3, -0.25) is 9.59 Å². The minimum absolute atomic E-state index is 0.00290. The predicted molar refractivity (Wildman–Crippen MR) is 113 cm³/mol. The van der Waals surface area contributed by atoms with Crippen LogP contribution in [-0.2, 0) is 19.4 Å². The quantitative estimate of drug-likeness (QED) is 0.685. The molecule has 1 aromatic rings. The Balaban J connectivity index is 1.89. The fourth-order valence-electron chi connectivity index (χ4n) is 3.61. The summed E-state index contributed by atoms with van der Waals surface area (Å²) in [6.07, 6.45) is 1.23. The fourth-order valence-corrected chi connectivity index (χ4v) is 6.08. The lowest BCUT2D eigenvalue weighted by molar-refractivity contribution is -0.139. The highest BCUT2D eigenvalue weighted by molar-refractivity contribution is 7.92. The van der Waals surface area contributed by atoms with Gasteiger partial charge in [-0.25, -0.2) is 8.42 Å². The van der Waals surface area contributed by atoms with Crippen molar-refractivity contribution >= 4 is 44.9 Å². The van der Waals surface area contributed by atoms with E-state index < -0.39 is 32.6 Å². The Kier molecular flexibility index (Phi) is 6.38. The lowest BCUT2D eigenvalue weighted by atomic mass is 10.1. The summed E-state index contributed by atoms with van der Waals surface area (Å²) >= 11 is 12.0. The minimum atomic E-state index is -3.91. The molecule has 1 aliphatic heterocycles. The molecular formula is C20H23Cl2N3O4S.